The maximum Gasteiger partial charge on any atom is 0.416 e. The van der Waals surface area contributed by atoms with E-state index in [1.807, 2.05) is 13.8 Å². The number of rotatable bonds is 2. The van der Waals surface area contributed by atoms with E-state index in [1.54, 1.807) is 4.90 Å². The molecule has 1 aromatic rings. The van der Waals surface area contributed by atoms with E-state index in [2.05, 4.69) is 4.98 Å². The number of aryl methyl sites for hydroxylation is 1. The zero-order valence-corrected chi connectivity index (χ0v) is 12.2. The highest BCUT2D eigenvalue weighted by molar-refractivity contribution is 5.78. The van der Waals surface area contributed by atoms with Crippen molar-refractivity contribution < 1.29 is 18.0 Å². The fourth-order valence-electron chi connectivity index (χ4n) is 2.79. The first-order valence-electron chi connectivity index (χ1n) is 6.63. The van der Waals surface area contributed by atoms with Crippen molar-refractivity contribution >= 4 is 11.7 Å². The zero-order valence-electron chi connectivity index (χ0n) is 12.2. The number of carbonyl (C=O) groups is 1. The molecular formula is C14H18F3N3O. The molecule has 0 aromatic carbocycles. The molecule has 7 heteroatoms. The molecule has 1 unspecified atom stereocenters. The van der Waals surface area contributed by atoms with E-state index in [-0.39, 0.29) is 24.0 Å². The third-order valence-corrected chi connectivity index (χ3v) is 3.83. The summed E-state index contributed by atoms with van der Waals surface area (Å²) >= 11 is 0. The lowest BCUT2D eigenvalue weighted by molar-refractivity contribution is -0.137. The summed E-state index contributed by atoms with van der Waals surface area (Å²) in [5.74, 6) is -0.581. The highest BCUT2D eigenvalue weighted by Crippen LogP contribution is 2.38. The molecule has 1 aliphatic rings. The van der Waals surface area contributed by atoms with Crippen molar-refractivity contribution in [3.63, 3.8) is 0 Å². The Balaban J connectivity index is 2.42. The largest absolute Gasteiger partial charge is 0.416 e. The van der Waals surface area contributed by atoms with Gasteiger partial charge in [-0.05, 0) is 39.3 Å². The van der Waals surface area contributed by atoms with Crippen LogP contribution in [0.2, 0.25) is 0 Å². The molecule has 4 nitrogen and oxygen atoms in total. The lowest BCUT2D eigenvalue weighted by Gasteiger charge is -2.33. The maximum absolute atomic E-state index is 12.9. The van der Waals surface area contributed by atoms with Crippen LogP contribution in [0.25, 0.3) is 0 Å². The summed E-state index contributed by atoms with van der Waals surface area (Å²) in [6.45, 7) is 5.55. The highest BCUT2D eigenvalue weighted by Gasteiger charge is 2.42. The van der Waals surface area contributed by atoms with E-state index < -0.39 is 23.2 Å². The first kappa shape index (κ1) is 15.6. The number of anilines is 1. The Morgan fingerprint density at radius 1 is 1.43 bits per heavy atom. The predicted molar refractivity (Wildman–Crippen MR) is 72.7 cm³/mol. The first-order chi connectivity index (χ1) is 9.50. The number of hydrogen-bond acceptors (Lipinski definition) is 3. The second-order valence-corrected chi connectivity index (χ2v) is 6.08. The lowest BCUT2D eigenvalue weighted by Crippen LogP contribution is -2.39. The van der Waals surface area contributed by atoms with Gasteiger partial charge in [0.2, 0.25) is 5.91 Å². The number of carbonyl (C=O) groups excluding carboxylic acids is 1. The molecule has 1 fully saturated rings. The number of pyridine rings is 1. The Labute approximate surface area is 121 Å². The molecule has 1 amide bonds. The Hall–Kier alpha value is -1.79. The fourth-order valence-corrected chi connectivity index (χ4v) is 2.79. The molecular weight excluding hydrogens is 283 g/mol. The topological polar surface area (TPSA) is 59.2 Å². The molecule has 0 spiro atoms. The van der Waals surface area contributed by atoms with Crippen molar-refractivity contribution in [2.45, 2.75) is 38.9 Å². The summed E-state index contributed by atoms with van der Waals surface area (Å²) < 4.78 is 38.7. The van der Waals surface area contributed by atoms with Crippen molar-refractivity contribution in [2.24, 2.45) is 11.7 Å². The number of amides is 1. The molecule has 0 saturated carbocycles. The molecule has 0 aliphatic carbocycles. The quantitative estimate of drug-likeness (QED) is 0.913. The molecule has 1 aromatic heterocycles. The number of alkyl halides is 3. The summed E-state index contributed by atoms with van der Waals surface area (Å²) in [5.41, 5.74) is 4.41. The van der Waals surface area contributed by atoms with Crippen molar-refractivity contribution in [1.29, 1.82) is 0 Å². The minimum Gasteiger partial charge on any atom is -0.369 e. The second kappa shape index (κ2) is 4.89. The van der Waals surface area contributed by atoms with Crippen LogP contribution < -0.4 is 10.6 Å². The summed E-state index contributed by atoms with van der Waals surface area (Å²) in [6.07, 6.45) is -3.92. The van der Waals surface area contributed by atoms with Gasteiger partial charge >= 0.3 is 6.18 Å². The number of halogens is 3. The second-order valence-electron chi connectivity index (χ2n) is 6.08. The molecule has 116 valence electrons. The van der Waals surface area contributed by atoms with Gasteiger partial charge in [0, 0.05) is 17.8 Å². The van der Waals surface area contributed by atoms with E-state index in [0.717, 1.165) is 12.1 Å². The van der Waals surface area contributed by atoms with Crippen LogP contribution in [-0.4, -0.2) is 23.0 Å². The average molecular weight is 301 g/mol. The highest BCUT2D eigenvalue weighted by atomic mass is 19.4. The van der Waals surface area contributed by atoms with Crippen LogP contribution in [0.4, 0.5) is 19.0 Å². The molecule has 2 heterocycles. The Bertz CT molecular complexity index is 569. The Morgan fingerprint density at radius 2 is 2.05 bits per heavy atom. The maximum atomic E-state index is 12.9. The lowest BCUT2D eigenvalue weighted by atomic mass is 9.96. The van der Waals surface area contributed by atoms with Gasteiger partial charge in [-0.15, -0.1) is 0 Å². The number of primary amides is 1. The van der Waals surface area contributed by atoms with Crippen LogP contribution in [0.5, 0.6) is 0 Å². The first-order valence-corrected chi connectivity index (χ1v) is 6.63. The molecule has 1 saturated heterocycles. The van der Waals surface area contributed by atoms with Gasteiger partial charge in [-0.1, -0.05) is 0 Å². The van der Waals surface area contributed by atoms with Crippen LogP contribution >= 0.6 is 0 Å². The van der Waals surface area contributed by atoms with E-state index in [1.165, 1.54) is 6.92 Å². The molecule has 1 atom stereocenters. The third kappa shape index (κ3) is 3.11. The van der Waals surface area contributed by atoms with Gasteiger partial charge < -0.3 is 10.6 Å². The number of hydrogen-bond donors (Lipinski definition) is 1. The number of nitrogens with zero attached hydrogens (tertiary/aromatic N) is 2. The van der Waals surface area contributed by atoms with E-state index in [0.29, 0.717) is 6.42 Å². The van der Waals surface area contributed by atoms with Crippen LogP contribution in [0.3, 0.4) is 0 Å². The molecule has 0 radical (unpaired) electrons. The zero-order chi connectivity index (χ0) is 16.0. The van der Waals surface area contributed by atoms with Crippen LogP contribution in [-0.2, 0) is 11.0 Å². The third-order valence-electron chi connectivity index (χ3n) is 3.83. The normalized spacial score (nSPS) is 21.6. The smallest absolute Gasteiger partial charge is 0.369 e. The van der Waals surface area contributed by atoms with Crippen LogP contribution in [0.1, 0.15) is 31.5 Å². The number of nitrogens with two attached hydrogens (primary N) is 1. The number of aromatic nitrogens is 1. The molecule has 0 bridgehead atoms. The molecule has 21 heavy (non-hydrogen) atoms. The molecule has 2 rings (SSSR count). The summed E-state index contributed by atoms with van der Waals surface area (Å²) in [6, 6.07) is 2.04. The fraction of sp³-hybridized carbons (Fsp3) is 0.571. The average Bonchev–Trinajstić information content (AvgIpc) is 2.63. The van der Waals surface area contributed by atoms with E-state index >= 15 is 0 Å². The van der Waals surface area contributed by atoms with E-state index in [4.69, 9.17) is 5.73 Å². The van der Waals surface area contributed by atoms with Crippen LogP contribution in [0.15, 0.2) is 12.1 Å². The monoisotopic (exact) mass is 301 g/mol. The van der Waals surface area contributed by atoms with Gasteiger partial charge in [-0.2, -0.15) is 13.2 Å². The van der Waals surface area contributed by atoms with Crippen molar-refractivity contribution in [3.8, 4) is 0 Å². The SMILES string of the molecule is Cc1cc(C(F)(F)F)cc(N2CC(C(N)=O)CC2(C)C)n1. The Kier molecular flexibility index (Phi) is 3.63. The summed E-state index contributed by atoms with van der Waals surface area (Å²) in [5, 5.41) is 0. The Morgan fingerprint density at radius 3 is 2.52 bits per heavy atom. The van der Waals surface area contributed by atoms with Gasteiger partial charge in [-0.25, -0.2) is 4.98 Å². The van der Waals surface area contributed by atoms with Gasteiger partial charge in [-0.3, -0.25) is 4.79 Å². The summed E-state index contributed by atoms with van der Waals surface area (Å²) in [7, 11) is 0. The van der Waals surface area contributed by atoms with Crippen molar-refractivity contribution in [3.05, 3.63) is 23.4 Å². The molecule has 2 N–H and O–H groups in total. The van der Waals surface area contributed by atoms with E-state index in [9.17, 15) is 18.0 Å². The predicted octanol–water partition coefficient (Wildman–Crippen LogP) is 2.50. The van der Waals surface area contributed by atoms with Gasteiger partial charge in [0.1, 0.15) is 5.82 Å². The minimum atomic E-state index is -4.42. The minimum absolute atomic E-state index is 0.232. The van der Waals surface area contributed by atoms with Crippen molar-refractivity contribution in [2.75, 3.05) is 11.4 Å². The molecule has 1 aliphatic heterocycles. The summed E-state index contributed by atoms with van der Waals surface area (Å²) in [4.78, 5) is 17.3. The standard InChI is InChI=1S/C14H18F3N3O/c1-8-4-10(14(15,16)17)5-11(19-8)20-7-9(12(18)21)6-13(20,2)3/h4-5,9H,6-7H2,1-3H3,(H2,18,21). The van der Waals surface area contributed by atoms with Gasteiger partial charge in [0.25, 0.3) is 0 Å². The van der Waals surface area contributed by atoms with Crippen molar-refractivity contribution in [1.82, 2.24) is 4.98 Å². The van der Waals surface area contributed by atoms with Gasteiger partial charge in [0.15, 0.2) is 0 Å². The van der Waals surface area contributed by atoms with Crippen LogP contribution in [0, 0.1) is 12.8 Å². The van der Waals surface area contributed by atoms with Gasteiger partial charge in [0.05, 0.1) is 11.5 Å².